The second kappa shape index (κ2) is 9.15. The Morgan fingerprint density at radius 2 is 2.03 bits per heavy atom. The standard InChI is InChI=1S/C22H23F3N4O3/c1-13-28-18-10-19(30-2)20(32-12-16-4-3-7-31-16)9-17(18)21(29-13)27-11-15-8-14(5-6-26-15)22(23,24)25/h5-6,8-10,16H,3-4,7,11-12H2,1-2H3,(H,27,28,29)/t16-/m1/s1. The summed E-state index contributed by atoms with van der Waals surface area (Å²) in [5.74, 6) is 2.02. The summed E-state index contributed by atoms with van der Waals surface area (Å²) in [6.07, 6.45) is -1.30. The van der Waals surface area contributed by atoms with Crippen molar-refractivity contribution in [2.75, 3.05) is 25.6 Å². The van der Waals surface area contributed by atoms with Crippen LogP contribution in [0, 0.1) is 6.92 Å². The fourth-order valence-electron chi connectivity index (χ4n) is 3.54. The second-order valence-corrected chi connectivity index (χ2v) is 7.47. The number of nitrogens with zero attached hydrogens (tertiary/aromatic N) is 3. The number of methoxy groups -OCH3 is 1. The highest BCUT2D eigenvalue weighted by molar-refractivity contribution is 5.91. The molecule has 0 unspecified atom stereocenters. The van der Waals surface area contributed by atoms with Gasteiger partial charge in [-0.1, -0.05) is 0 Å². The van der Waals surface area contributed by atoms with Crippen LogP contribution in [0.1, 0.15) is 29.9 Å². The van der Waals surface area contributed by atoms with Crippen LogP contribution in [0.5, 0.6) is 11.5 Å². The first-order chi connectivity index (χ1) is 15.3. The van der Waals surface area contributed by atoms with E-state index in [4.69, 9.17) is 14.2 Å². The van der Waals surface area contributed by atoms with Crippen molar-refractivity contribution >= 4 is 16.7 Å². The number of fused-ring (bicyclic) bond motifs is 1. The van der Waals surface area contributed by atoms with E-state index in [1.165, 1.54) is 0 Å². The molecule has 1 aliphatic rings. The van der Waals surface area contributed by atoms with E-state index in [9.17, 15) is 13.2 Å². The molecule has 1 saturated heterocycles. The van der Waals surface area contributed by atoms with Crippen molar-refractivity contribution in [1.29, 1.82) is 0 Å². The lowest BCUT2D eigenvalue weighted by molar-refractivity contribution is -0.137. The van der Waals surface area contributed by atoms with Crippen molar-refractivity contribution in [2.45, 2.75) is 38.6 Å². The van der Waals surface area contributed by atoms with Gasteiger partial charge in [0.05, 0.1) is 36.5 Å². The number of rotatable bonds is 7. The Kier molecular flexibility index (Phi) is 6.31. The molecule has 0 aliphatic carbocycles. The van der Waals surface area contributed by atoms with Gasteiger partial charge in [-0.05, 0) is 38.0 Å². The van der Waals surface area contributed by atoms with Crippen LogP contribution in [0.15, 0.2) is 30.5 Å². The molecule has 0 bridgehead atoms. The lowest BCUT2D eigenvalue weighted by Crippen LogP contribution is -2.16. The van der Waals surface area contributed by atoms with Crippen molar-refractivity contribution in [3.63, 3.8) is 0 Å². The van der Waals surface area contributed by atoms with Gasteiger partial charge in [-0.15, -0.1) is 0 Å². The minimum Gasteiger partial charge on any atom is -0.493 e. The number of aromatic nitrogens is 3. The molecule has 4 rings (SSSR count). The molecule has 10 heteroatoms. The van der Waals surface area contributed by atoms with E-state index in [1.807, 2.05) is 0 Å². The van der Waals surface area contributed by atoms with Gasteiger partial charge in [0.15, 0.2) is 11.5 Å². The van der Waals surface area contributed by atoms with Crippen LogP contribution in [0.25, 0.3) is 10.9 Å². The number of benzene rings is 1. The largest absolute Gasteiger partial charge is 0.493 e. The smallest absolute Gasteiger partial charge is 0.416 e. The summed E-state index contributed by atoms with van der Waals surface area (Å²) >= 11 is 0. The average molecular weight is 448 g/mol. The van der Waals surface area contributed by atoms with Gasteiger partial charge in [0.25, 0.3) is 0 Å². The van der Waals surface area contributed by atoms with E-state index in [1.54, 1.807) is 26.2 Å². The van der Waals surface area contributed by atoms with E-state index >= 15 is 0 Å². The molecular weight excluding hydrogens is 425 g/mol. The zero-order valence-electron chi connectivity index (χ0n) is 17.7. The normalized spacial score (nSPS) is 16.3. The first-order valence-corrected chi connectivity index (χ1v) is 10.2. The van der Waals surface area contributed by atoms with Gasteiger partial charge in [-0.2, -0.15) is 13.2 Å². The predicted octanol–water partition coefficient (Wildman–Crippen LogP) is 4.53. The fourth-order valence-corrected chi connectivity index (χ4v) is 3.54. The minimum atomic E-state index is -4.43. The van der Waals surface area contributed by atoms with Crippen LogP contribution < -0.4 is 14.8 Å². The third kappa shape index (κ3) is 5.01. The highest BCUT2D eigenvalue weighted by Crippen LogP contribution is 2.35. The molecule has 0 spiro atoms. The molecule has 1 N–H and O–H groups in total. The Labute approximate surface area is 182 Å². The molecule has 0 saturated carbocycles. The molecule has 1 aliphatic heterocycles. The second-order valence-electron chi connectivity index (χ2n) is 7.47. The number of alkyl halides is 3. The number of aryl methyl sites for hydroxylation is 1. The fraction of sp³-hybridized carbons (Fsp3) is 0.409. The Hall–Kier alpha value is -3.14. The summed E-state index contributed by atoms with van der Waals surface area (Å²) in [5.41, 5.74) is 0.119. The van der Waals surface area contributed by atoms with Gasteiger partial charge in [-0.3, -0.25) is 4.98 Å². The lowest BCUT2D eigenvalue weighted by atomic mass is 10.2. The quantitative estimate of drug-likeness (QED) is 0.569. The Balaban J connectivity index is 1.61. The van der Waals surface area contributed by atoms with Crippen molar-refractivity contribution in [3.05, 3.63) is 47.5 Å². The van der Waals surface area contributed by atoms with E-state index in [-0.39, 0.29) is 18.3 Å². The van der Waals surface area contributed by atoms with Gasteiger partial charge in [0, 0.05) is 24.3 Å². The summed E-state index contributed by atoms with van der Waals surface area (Å²) in [7, 11) is 1.55. The maximum atomic E-state index is 13.0. The van der Waals surface area contributed by atoms with Gasteiger partial charge in [0.1, 0.15) is 18.2 Å². The predicted molar refractivity (Wildman–Crippen MR) is 112 cm³/mol. The molecule has 32 heavy (non-hydrogen) atoms. The maximum absolute atomic E-state index is 13.0. The van der Waals surface area contributed by atoms with Crippen molar-refractivity contribution in [3.8, 4) is 11.5 Å². The zero-order chi connectivity index (χ0) is 22.7. The van der Waals surface area contributed by atoms with Gasteiger partial charge < -0.3 is 19.5 Å². The third-order valence-electron chi connectivity index (χ3n) is 5.12. The van der Waals surface area contributed by atoms with Crippen molar-refractivity contribution < 1.29 is 27.4 Å². The highest BCUT2D eigenvalue weighted by Gasteiger charge is 2.30. The molecule has 7 nitrogen and oxygen atoms in total. The summed E-state index contributed by atoms with van der Waals surface area (Å²) < 4.78 is 56.0. The van der Waals surface area contributed by atoms with E-state index in [2.05, 4.69) is 20.3 Å². The Bertz CT molecular complexity index is 1100. The van der Waals surface area contributed by atoms with E-state index in [0.29, 0.717) is 40.7 Å². The minimum absolute atomic E-state index is 0.0363. The molecule has 3 heterocycles. The molecule has 170 valence electrons. The van der Waals surface area contributed by atoms with Crippen LogP contribution in [-0.2, 0) is 17.5 Å². The Morgan fingerprint density at radius 3 is 2.75 bits per heavy atom. The Morgan fingerprint density at radius 1 is 1.19 bits per heavy atom. The first-order valence-electron chi connectivity index (χ1n) is 10.2. The maximum Gasteiger partial charge on any atom is 0.416 e. The number of pyridine rings is 1. The van der Waals surface area contributed by atoms with Crippen LogP contribution in [0.2, 0.25) is 0 Å². The van der Waals surface area contributed by atoms with Crippen molar-refractivity contribution in [2.24, 2.45) is 0 Å². The molecular formula is C22H23F3N4O3. The van der Waals surface area contributed by atoms with E-state index < -0.39 is 11.7 Å². The van der Waals surface area contributed by atoms with Crippen LogP contribution in [0.4, 0.5) is 19.0 Å². The molecule has 1 fully saturated rings. The molecule has 2 aromatic heterocycles. The monoisotopic (exact) mass is 448 g/mol. The zero-order valence-corrected chi connectivity index (χ0v) is 17.7. The summed E-state index contributed by atoms with van der Waals surface area (Å²) in [5, 5.41) is 3.74. The molecule has 0 amide bonds. The molecule has 3 aromatic rings. The number of hydrogen-bond donors (Lipinski definition) is 1. The third-order valence-corrected chi connectivity index (χ3v) is 5.12. The van der Waals surface area contributed by atoms with Gasteiger partial charge >= 0.3 is 6.18 Å². The van der Waals surface area contributed by atoms with Gasteiger partial charge in [-0.25, -0.2) is 9.97 Å². The summed E-state index contributed by atoms with van der Waals surface area (Å²) in [6, 6.07) is 5.48. The summed E-state index contributed by atoms with van der Waals surface area (Å²) in [4.78, 5) is 12.9. The topological polar surface area (TPSA) is 78.4 Å². The molecule has 1 aromatic carbocycles. The number of ether oxygens (including phenoxy) is 3. The van der Waals surface area contributed by atoms with Crippen molar-refractivity contribution in [1.82, 2.24) is 15.0 Å². The number of nitrogens with one attached hydrogen (secondary N) is 1. The first kappa shape index (κ1) is 22.1. The lowest BCUT2D eigenvalue weighted by Gasteiger charge is -2.16. The molecule has 0 radical (unpaired) electrons. The number of halogens is 3. The SMILES string of the molecule is COc1cc2nc(C)nc(NCc3cc(C(F)(F)F)ccn3)c2cc1OC[C@H]1CCCO1. The average Bonchev–Trinajstić information content (AvgIpc) is 3.28. The van der Waals surface area contributed by atoms with E-state index in [0.717, 1.165) is 37.8 Å². The van der Waals surface area contributed by atoms with Gasteiger partial charge in [0.2, 0.25) is 0 Å². The number of hydrogen-bond acceptors (Lipinski definition) is 7. The van der Waals surface area contributed by atoms with Crippen LogP contribution in [0.3, 0.4) is 0 Å². The van der Waals surface area contributed by atoms with Crippen LogP contribution in [-0.4, -0.2) is 41.4 Å². The molecule has 1 atom stereocenters. The highest BCUT2D eigenvalue weighted by atomic mass is 19.4. The summed E-state index contributed by atoms with van der Waals surface area (Å²) in [6.45, 7) is 2.92. The number of anilines is 1. The van der Waals surface area contributed by atoms with Crippen LogP contribution >= 0.6 is 0 Å².